The molecule has 1 atom stereocenters. The van der Waals surface area contributed by atoms with E-state index in [0.717, 1.165) is 19.3 Å². The largest absolute Gasteiger partial charge is 1.00 e. The third-order valence-corrected chi connectivity index (χ3v) is 4.85. The van der Waals surface area contributed by atoms with Crippen LogP contribution in [0.15, 0.2) is 0 Å². The van der Waals surface area contributed by atoms with Crippen LogP contribution >= 0.6 is 0 Å². The second-order valence-electron chi connectivity index (χ2n) is 6.87. The summed E-state index contributed by atoms with van der Waals surface area (Å²) < 4.78 is 0. The Kier molecular flexibility index (Phi) is 15.2. The Hall–Kier alpha value is -0.0600. The molecule has 5 heteroatoms. The molecule has 24 heavy (non-hydrogen) atoms. The van der Waals surface area contributed by atoms with Crippen LogP contribution in [0, 0.1) is 0 Å². The predicted octanol–water partition coefficient (Wildman–Crippen LogP) is 1.88. The number of carboxylic acid groups (broad SMARTS) is 1. The molecule has 1 N–H and O–H groups in total. The molecular weight excluding hydrogens is 313 g/mol. The standard InChI is InChI=1S/C19H35NO3.Na.H/c1-2-3-4-5-6-7-8-9-10-11-12-15-18(21)20-16-13-14-17(20)19(22)23;;/h17H,2-16H2,1H3,(H,22,23);;/q;+1;-1/t17-;;/m0../s1. The van der Waals surface area contributed by atoms with Gasteiger partial charge in [0.15, 0.2) is 0 Å². The van der Waals surface area contributed by atoms with E-state index in [1.54, 1.807) is 4.90 Å². The number of carbonyl (C=O) groups excluding carboxylic acids is 1. The summed E-state index contributed by atoms with van der Waals surface area (Å²) in [5.41, 5.74) is 0. The fourth-order valence-corrected chi connectivity index (χ4v) is 3.41. The van der Waals surface area contributed by atoms with Crippen molar-refractivity contribution in [3.8, 4) is 0 Å². The molecule has 1 rings (SSSR count). The van der Waals surface area contributed by atoms with Crippen LogP contribution in [-0.2, 0) is 9.59 Å². The van der Waals surface area contributed by atoms with E-state index in [0.29, 0.717) is 19.4 Å². The second kappa shape index (κ2) is 15.2. The minimum atomic E-state index is -0.852. The molecule has 0 saturated carbocycles. The zero-order chi connectivity index (χ0) is 16.9. The molecule has 4 nitrogen and oxygen atoms in total. The Balaban J connectivity index is 0. The first-order valence-electron chi connectivity index (χ1n) is 9.69. The van der Waals surface area contributed by atoms with Crippen LogP contribution in [0.4, 0.5) is 0 Å². The van der Waals surface area contributed by atoms with Crippen LogP contribution in [0.1, 0.15) is 98.2 Å². The van der Waals surface area contributed by atoms with E-state index in [-0.39, 0.29) is 36.9 Å². The Bertz CT molecular complexity index is 356. The first kappa shape index (κ1) is 23.9. The second-order valence-corrected chi connectivity index (χ2v) is 6.87. The van der Waals surface area contributed by atoms with E-state index < -0.39 is 12.0 Å². The minimum Gasteiger partial charge on any atom is -1.00 e. The van der Waals surface area contributed by atoms with Crippen LogP contribution in [0.2, 0.25) is 0 Å². The molecule has 1 saturated heterocycles. The van der Waals surface area contributed by atoms with Gasteiger partial charge in [0.1, 0.15) is 6.04 Å². The maximum Gasteiger partial charge on any atom is 1.00 e. The smallest absolute Gasteiger partial charge is 1.00 e. The molecule has 1 heterocycles. The number of likely N-dealkylation sites (tertiary alicyclic amines) is 1. The van der Waals surface area contributed by atoms with Crippen molar-refractivity contribution in [2.24, 2.45) is 0 Å². The molecular formula is C19H36NNaO3. The van der Waals surface area contributed by atoms with E-state index in [9.17, 15) is 9.59 Å². The Morgan fingerprint density at radius 3 is 1.96 bits per heavy atom. The molecule has 0 spiro atoms. The van der Waals surface area contributed by atoms with Gasteiger partial charge in [0.25, 0.3) is 0 Å². The first-order valence-corrected chi connectivity index (χ1v) is 9.69. The van der Waals surface area contributed by atoms with Crippen LogP contribution in [0.3, 0.4) is 0 Å². The van der Waals surface area contributed by atoms with Crippen molar-refractivity contribution in [2.45, 2.75) is 103 Å². The normalized spacial score (nSPS) is 16.9. The van der Waals surface area contributed by atoms with Gasteiger partial charge in [-0.3, -0.25) is 4.79 Å². The van der Waals surface area contributed by atoms with E-state index in [1.165, 1.54) is 57.8 Å². The summed E-state index contributed by atoms with van der Waals surface area (Å²) in [5, 5.41) is 9.10. The van der Waals surface area contributed by atoms with Gasteiger partial charge in [-0.15, -0.1) is 0 Å². The maximum absolute atomic E-state index is 12.1. The van der Waals surface area contributed by atoms with Crippen molar-refractivity contribution in [3.63, 3.8) is 0 Å². The molecule has 1 aliphatic heterocycles. The molecule has 136 valence electrons. The summed E-state index contributed by atoms with van der Waals surface area (Å²) in [4.78, 5) is 24.7. The fourth-order valence-electron chi connectivity index (χ4n) is 3.41. The van der Waals surface area contributed by atoms with Crippen LogP contribution < -0.4 is 29.6 Å². The van der Waals surface area contributed by atoms with Crippen molar-refractivity contribution in [3.05, 3.63) is 0 Å². The van der Waals surface area contributed by atoms with Crippen molar-refractivity contribution in [1.82, 2.24) is 4.90 Å². The molecule has 1 fully saturated rings. The Morgan fingerprint density at radius 1 is 0.958 bits per heavy atom. The number of carbonyl (C=O) groups is 2. The van der Waals surface area contributed by atoms with Gasteiger partial charge in [-0.1, -0.05) is 71.1 Å². The van der Waals surface area contributed by atoms with Crippen molar-refractivity contribution >= 4 is 11.9 Å². The van der Waals surface area contributed by atoms with Gasteiger partial charge in [-0.25, -0.2) is 4.79 Å². The van der Waals surface area contributed by atoms with Crippen LogP contribution in [0.25, 0.3) is 0 Å². The molecule has 0 aromatic rings. The molecule has 0 aromatic heterocycles. The average Bonchev–Trinajstić information content (AvgIpc) is 3.02. The molecule has 0 aromatic carbocycles. The van der Waals surface area contributed by atoms with Gasteiger partial charge in [0, 0.05) is 13.0 Å². The quantitative estimate of drug-likeness (QED) is 0.408. The summed E-state index contributed by atoms with van der Waals surface area (Å²) in [6.07, 6.45) is 15.9. The molecule has 0 bridgehead atoms. The van der Waals surface area contributed by atoms with Crippen LogP contribution in [0.5, 0.6) is 0 Å². The zero-order valence-corrected chi connectivity index (χ0v) is 17.9. The topological polar surface area (TPSA) is 57.6 Å². The number of amides is 1. The number of nitrogens with zero attached hydrogens (tertiary/aromatic N) is 1. The first-order chi connectivity index (χ1) is 11.2. The summed E-state index contributed by atoms with van der Waals surface area (Å²) in [6, 6.07) is -0.574. The third-order valence-electron chi connectivity index (χ3n) is 4.85. The molecule has 1 amide bonds. The number of unbranched alkanes of at least 4 members (excludes halogenated alkanes) is 10. The van der Waals surface area contributed by atoms with Gasteiger partial charge in [0.05, 0.1) is 0 Å². The van der Waals surface area contributed by atoms with Gasteiger partial charge in [-0.05, 0) is 19.3 Å². The summed E-state index contributed by atoms with van der Waals surface area (Å²) in [6.45, 7) is 2.87. The minimum absolute atomic E-state index is 0. The number of aliphatic carboxylic acids is 1. The van der Waals surface area contributed by atoms with Crippen molar-refractivity contribution in [1.29, 1.82) is 0 Å². The van der Waals surface area contributed by atoms with E-state index in [1.807, 2.05) is 0 Å². The summed E-state index contributed by atoms with van der Waals surface area (Å²) in [7, 11) is 0. The average molecular weight is 349 g/mol. The molecule has 0 unspecified atom stereocenters. The van der Waals surface area contributed by atoms with Gasteiger partial charge in [0.2, 0.25) is 5.91 Å². The third kappa shape index (κ3) is 10.0. The van der Waals surface area contributed by atoms with Crippen LogP contribution in [-0.4, -0.2) is 34.5 Å². The number of hydrogen-bond donors (Lipinski definition) is 1. The van der Waals surface area contributed by atoms with E-state index in [4.69, 9.17) is 5.11 Å². The number of rotatable bonds is 13. The van der Waals surface area contributed by atoms with Gasteiger partial charge < -0.3 is 11.4 Å². The fraction of sp³-hybridized carbons (Fsp3) is 0.895. The Labute approximate surface area is 171 Å². The Morgan fingerprint density at radius 2 is 1.46 bits per heavy atom. The molecule has 0 radical (unpaired) electrons. The SMILES string of the molecule is CCCCCCCCCCCCCC(=O)N1CCC[C@H]1C(=O)O.[H-].[Na+]. The monoisotopic (exact) mass is 349 g/mol. The number of carboxylic acids is 1. The molecule has 1 aliphatic rings. The van der Waals surface area contributed by atoms with Gasteiger partial charge >= 0.3 is 35.5 Å². The van der Waals surface area contributed by atoms with Crippen molar-refractivity contribution in [2.75, 3.05) is 6.54 Å². The maximum atomic E-state index is 12.1. The summed E-state index contributed by atoms with van der Waals surface area (Å²) >= 11 is 0. The predicted molar refractivity (Wildman–Crippen MR) is 94.6 cm³/mol. The van der Waals surface area contributed by atoms with E-state index >= 15 is 0 Å². The summed E-state index contributed by atoms with van der Waals surface area (Å²) in [5.74, 6) is -0.819. The van der Waals surface area contributed by atoms with Gasteiger partial charge in [-0.2, -0.15) is 0 Å². The zero-order valence-electron chi connectivity index (χ0n) is 16.9. The van der Waals surface area contributed by atoms with Crippen molar-refractivity contribution < 1.29 is 45.7 Å². The van der Waals surface area contributed by atoms with E-state index in [2.05, 4.69) is 6.92 Å². The molecule has 0 aliphatic carbocycles. The number of hydrogen-bond acceptors (Lipinski definition) is 2.